The lowest BCUT2D eigenvalue weighted by atomic mass is 9.84. The predicted molar refractivity (Wildman–Crippen MR) is 412 cm³/mol. The van der Waals surface area contributed by atoms with Gasteiger partial charge in [0.1, 0.15) is 92.1 Å². The van der Waals surface area contributed by atoms with Gasteiger partial charge in [0, 0.05) is 0 Å². The highest BCUT2D eigenvalue weighted by molar-refractivity contribution is 5.92. The Morgan fingerprint density at radius 3 is 1.07 bits per heavy atom. The van der Waals surface area contributed by atoms with E-state index >= 15 is 0 Å². The van der Waals surface area contributed by atoms with Gasteiger partial charge >= 0.3 is 41.8 Å². The van der Waals surface area contributed by atoms with E-state index in [9.17, 15) is 33.6 Å². The summed E-state index contributed by atoms with van der Waals surface area (Å²) in [5.74, 6) is 0.949. The SMILES string of the molecule is CCC(C)C(=O)OCCOc1ccc(C(=O)Oc2ccc(-c3ccc(C#N)cc3)cc2)cc1.CCC(C)C(=O)OCCOc1ccc(OC(=O)c2ccc(OCC3(CC)COC3)cc2)cc1.CCCCCCCCOc1ccc(C(=O)O[C@H]2COC3C2OC[C@H]3OC(=O)c2ccc(OCCOC(=O)C(C)CC)cc2)cc1. The molecule has 0 amide bonds. The lowest BCUT2D eigenvalue weighted by molar-refractivity contribution is -0.149. The average Bonchev–Trinajstić information content (AvgIpc) is 1.63. The lowest BCUT2D eigenvalue weighted by Crippen LogP contribution is -2.46. The molecule has 0 spiro atoms. The Labute approximate surface area is 650 Å². The van der Waals surface area contributed by atoms with Crippen molar-refractivity contribution in [3.8, 4) is 57.4 Å². The number of hydrogen-bond acceptors (Lipinski definition) is 23. The molecule has 23 nitrogen and oxygen atoms in total. The minimum atomic E-state index is -0.634. The molecule has 0 aromatic heterocycles. The zero-order chi connectivity index (χ0) is 79.3. The van der Waals surface area contributed by atoms with Crippen LogP contribution in [0.1, 0.15) is 167 Å². The van der Waals surface area contributed by atoms with Crippen LogP contribution in [0.15, 0.2) is 170 Å². The standard InChI is InChI=1S/C35H46O10.C27H25NO5.C26H32O7/c1-4-6-7-8-9-10-19-39-27-15-11-25(12-16-27)34(37)44-29-22-42-32-30(23-43-31(29)32)45-35(38)26-13-17-28(18-14-26)40-20-21-41-33(36)24(3)5-2;1-3-19(2)26(29)32-17-16-31-24-12-10-23(11-13-24)27(30)33-25-14-8-22(9-15-25)21-6-4-20(18-28)5-7-21;1-4-19(3)24(27)31-15-14-30-21-10-12-23(13-11-21)33-25(28)20-6-8-22(9-7-20)32-18-26(5-2)16-29-17-26/h11-18,24,29-32H,4-10,19-23H2,1-3H3;4-15,19H,3,16-17H2,1-2H3;6-13,19H,4-5,14-18H2,1-3H3/t24?,29-,30+,31?,32?;;/m0../s1. The summed E-state index contributed by atoms with van der Waals surface area (Å²) in [6.07, 6.45) is 8.06. The lowest BCUT2D eigenvalue weighted by Gasteiger charge is -2.40. The van der Waals surface area contributed by atoms with Gasteiger partial charge < -0.3 is 71.1 Å². The van der Waals surface area contributed by atoms with Gasteiger partial charge in [0.05, 0.1) is 96.7 Å². The largest absolute Gasteiger partial charge is 0.494 e. The molecule has 3 heterocycles. The summed E-state index contributed by atoms with van der Waals surface area (Å²) < 4.78 is 83.1. The first-order valence-electron chi connectivity index (χ1n) is 38.3. The van der Waals surface area contributed by atoms with Crippen molar-refractivity contribution in [2.75, 3.05) is 79.3 Å². The number of unbranched alkanes of at least 4 members (excludes halogenated alkanes) is 5. The Balaban J connectivity index is 0.000000213. The van der Waals surface area contributed by atoms with E-state index in [0.29, 0.717) is 75.5 Å². The smallest absolute Gasteiger partial charge is 0.343 e. The molecule has 111 heavy (non-hydrogen) atoms. The molecule has 0 radical (unpaired) electrons. The predicted octanol–water partition coefficient (Wildman–Crippen LogP) is 16.0. The molecule has 5 unspecified atom stereocenters. The minimum absolute atomic E-state index is 0.103. The van der Waals surface area contributed by atoms with Gasteiger partial charge in [0.15, 0.2) is 12.2 Å². The summed E-state index contributed by atoms with van der Waals surface area (Å²) in [6, 6.07) is 50.1. The fourth-order valence-electron chi connectivity index (χ4n) is 11.1. The van der Waals surface area contributed by atoms with Gasteiger partial charge in [0.25, 0.3) is 0 Å². The normalized spacial score (nSPS) is 16.4. The molecular formula is C88H103NO22. The fourth-order valence-corrected chi connectivity index (χ4v) is 11.1. The molecule has 3 aliphatic heterocycles. The first-order chi connectivity index (χ1) is 53.8. The maximum Gasteiger partial charge on any atom is 0.343 e. The van der Waals surface area contributed by atoms with Crippen molar-refractivity contribution in [2.45, 2.75) is 144 Å². The Morgan fingerprint density at radius 1 is 0.396 bits per heavy atom. The topological polar surface area (TPSA) is 282 Å². The Morgan fingerprint density at radius 2 is 0.721 bits per heavy atom. The average molecular weight is 1530 g/mol. The molecule has 0 aliphatic carbocycles. The first-order valence-corrected chi connectivity index (χ1v) is 38.3. The second-order valence-corrected chi connectivity index (χ2v) is 27.3. The monoisotopic (exact) mass is 1530 g/mol. The van der Waals surface area contributed by atoms with Crippen LogP contribution < -0.4 is 33.2 Å². The third-order valence-electron chi connectivity index (χ3n) is 19.0. The number of benzene rings is 7. The molecular weight excluding hydrogens is 1420 g/mol. The van der Waals surface area contributed by atoms with Crippen molar-refractivity contribution >= 4 is 41.8 Å². The summed E-state index contributed by atoms with van der Waals surface area (Å²) in [5, 5.41) is 8.90. The number of nitriles is 1. The maximum absolute atomic E-state index is 12.8. The Bertz CT molecular complexity index is 4060. The number of rotatable bonds is 39. The van der Waals surface area contributed by atoms with E-state index in [-0.39, 0.29) is 93.9 Å². The van der Waals surface area contributed by atoms with Crippen molar-refractivity contribution in [1.82, 2.24) is 0 Å². The zero-order valence-corrected chi connectivity index (χ0v) is 64.7. The fraction of sp³-hybridized carbons (Fsp3) is 0.432. The van der Waals surface area contributed by atoms with Gasteiger partial charge in [-0.05, 0) is 189 Å². The highest BCUT2D eigenvalue weighted by Gasteiger charge is 2.51. The minimum Gasteiger partial charge on any atom is -0.494 e. The molecule has 0 saturated carbocycles. The van der Waals surface area contributed by atoms with Crippen LogP contribution in [0.2, 0.25) is 0 Å². The van der Waals surface area contributed by atoms with Gasteiger partial charge in [-0.3, -0.25) is 14.4 Å². The second kappa shape index (κ2) is 45.4. The second-order valence-electron chi connectivity index (χ2n) is 27.3. The molecule has 23 heteroatoms. The summed E-state index contributed by atoms with van der Waals surface area (Å²) >= 11 is 0. The maximum atomic E-state index is 12.8. The van der Waals surface area contributed by atoms with Gasteiger partial charge in [-0.15, -0.1) is 0 Å². The molecule has 3 saturated heterocycles. The van der Waals surface area contributed by atoms with Crippen LogP contribution in [0, 0.1) is 34.5 Å². The number of nitrogens with zero attached hydrogens (tertiary/aromatic N) is 1. The third kappa shape index (κ3) is 27.6. The van der Waals surface area contributed by atoms with E-state index in [0.717, 1.165) is 68.6 Å². The summed E-state index contributed by atoms with van der Waals surface area (Å²) in [7, 11) is 0. The quantitative estimate of drug-likeness (QED) is 0.0150. The number of fused-ring (bicyclic) bond motifs is 1. The van der Waals surface area contributed by atoms with Crippen LogP contribution in [0.5, 0.6) is 40.2 Å². The Kier molecular flexibility index (Phi) is 35.1. The summed E-state index contributed by atoms with van der Waals surface area (Å²) in [6.45, 7) is 19.8. The number of carbonyl (C=O) groups is 7. The third-order valence-corrected chi connectivity index (χ3v) is 19.0. The van der Waals surface area contributed by atoms with Crippen LogP contribution >= 0.6 is 0 Å². The van der Waals surface area contributed by atoms with Crippen LogP contribution in [-0.4, -0.2) is 145 Å². The first kappa shape index (κ1) is 85.8. The van der Waals surface area contributed by atoms with E-state index < -0.39 is 48.3 Å². The molecule has 592 valence electrons. The van der Waals surface area contributed by atoms with E-state index in [1.165, 1.54) is 25.7 Å². The molecule has 7 atom stereocenters. The van der Waals surface area contributed by atoms with E-state index in [2.05, 4.69) is 19.9 Å². The van der Waals surface area contributed by atoms with E-state index in [4.69, 9.17) is 76.3 Å². The van der Waals surface area contributed by atoms with E-state index in [1.54, 1.807) is 146 Å². The van der Waals surface area contributed by atoms with Gasteiger partial charge in [-0.2, -0.15) is 5.26 Å². The highest BCUT2D eigenvalue weighted by atomic mass is 16.7. The van der Waals surface area contributed by atoms with Crippen molar-refractivity contribution < 1.29 is 105 Å². The van der Waals surface area contributed by atoms with Crippen molar-refractivity contribution in [2.24, 2.45) is 23.2 Å². The van der Waals surface area contributed by atoms with Crippen molar-refractivity contribution in [3.05, 3.63) is 198 Å². The van der Waals surface area contributed by atoms with Crippen LogP contribution in [0.3, 0.4) is 0 Å². The molecule has 0 bridgehead atoms. The number of ether oxygens (including phenoxy) is 15. The van der Waals surface area contributed by atoms with Gasteiger partial charge in [-0.25, -0.2) is 19.2 Å². The molecule has 3 aliphatic rings. The molecule has 7 aromatic carbocycles. The van der Waals surface area contributed by atoms with Gasteiger partial charge in [0.2, 0.25) is 0 Å². The van der Waals surface area contributed by atoms with E-state index in [1.807, 2.05) is 65.8 Å². The number of carbonyl (C=O) groups excluding carboxylic acids is 7. The van der Waals surface area contributed by atoms with Crippen LogP contribution in [0.25, 0.3) is 11.1 Å². The molecule has 3 fully saturated rings. The molecule has 10 rings (SSSR count). The van der Waals surface area contributed by atoms with Crippen LogP contribution in [0.4, 0.5) is 0 Å². The highest BCUT2D eigenvalue weighted by Crippen LogP contribution is 2.34. The number of hydrogen-bond donors (Lipinski definition) is 0. The Hall–Kier alpha value is -10.8. The summed E-state index contributed by atoms with van der Waals surface area (Å²) in [4.78, 5) is 85.5. The zero-order valence-electron chi connectivity index (χ0n) is 64.7. The van der Waals surface area contributed by atoms with Crippen molar-refractivity contribution in [3.63, 3.8) is 0 Å². The van der Waals surface area contributed by atoms with Crippen LogP contribution in [-0.2, 0) is 52.3 Å². The molecule has 7 aromatic rings. The number of esters is 7. The summed E-state index contributed by atoms with van der Waals surface area (Å²) in [5.41, 5.74) is 4.20. The van der Waals surface area contributed by atoms with Crippen molar-refractivity contribution in [1.29, 1.82) is 5.26 Å². The van der Waals surface area contributed by atoms with Gasteiger partial charge in [-0.1, -0.05) is 112 Å². The molecule has 0 N–H and O–H groups in total.